The van der Waals surface area contributed by atoms with Crippen molar-refractivity contribution >= 4 is 44.2 Å². The van der Waals surface area contributed by atoms with Crippen LogP contribution in [0.4, 0.5) is 5.69 Å². The average Bonchev–Trinajstić information content (AvgIpc) is 3.07. The van der Waals surface area contributed by atoms with Crippen LogP contribution in [0.15, 0.2) is 24.3 Å². The highest BCUT2D eigenvalue weighted by Crippen LogP contribution is 2.44. The van der Waals surface area contributed by atoms with Crippen LogP contribution >= 0.6 is 22.6 Å². The standard InChI is InChI=1S/C16H21IN2O3S/c1-23(21,22)19(14-6-4-13(17)5-7-14)10-16(20)18-15-9-11-2-3-12(15)8-11/h4-7,11-12,15H,2-3,8-10H2,1H3,(H,18,20)/t11-,12-,15+/m1/s1. The highest BCUT2D eigenvalue weighted by molar-refractivity contribution is 14.1. The van der Waals surface area contributed by atoms with Crippen LogP contribution in [0.1, 0.15) is 25.7 Å². The fourth-order valence-corrected chi connectivity index (χ4v) is 5.03. The Bertz CT molecular complexity index is 690. The lowest BCUT2D eigenvalue weighted by Crippen LogP contribution is -2.45. The number of carbonyl (C=O) groups excluding carboxylic acids is 1. The van der Waals surface area contributed by atoms with E-state index in [2.05, 4.69) is 27.9 Å². The number of carbonyl (C=O) groups is 1. The van der Waals surface area contributed by atoms with Crippen molar-refractivity contribution in [3.63, 3.8) is 0 Å². The van der Waals surface area contributed by atoms with Gasteiger partial charge in [-0.05, 0) is 78.0 Å². The molecule has 0 aliphatic heterocycles. The van der Waals surface area contributed by atoms with Crippen LogP contribution in [0, 0.1) is 15.4 Å². The van der Waals surface area contributed by atoms with Crippen LogP contribution in [0.2, 0.25) is 0 Å². The number of sulfonamides is 1. The van der Waals surface area contributed by atoms with Gasteiger partial charge in [-0.15, -0.1) is 0 Å². The zero-order valence-corrected chi connectivity index (χ0v) is 16.0. The van der Waals surface area contributed by atoms with Gasteiger partial charge >= 0.3 is 0 Å². The summed E-state index contributed by atoms with van der Waals surface area (Å²) in [5.41, 5.74) is 0.524. The summed E-state index contributed by atoms with van der Waals surface area (Å²) in [6, 6.07) is 7.35. The summed E-state index contributed by atoms with van der Waals surface area (Å²) in [5.74, 6) is 1.10. The predicted octanol–water partition coefficient (Wildman–Crippen LogP) is 2.36. The summed E-state index contributed by atoms with van der Waals surface area (Å²) in [6.45, 7) is -0.159. The van der Waals surface area contributed by atoms with E-state index >= 15 is 0 Å². The van der Waals surface area contributed by atoms with E-state index in [0.29, 0.717) is 11.6 Å². The number of halogens is 1. The molecule has 3 atom stereocenters. The Hall–Kier alpha value is -0.830. The lowest BCUT2D eigenvalue weighted by atomic mass is 9.95. The van der Waals surface area contributed by atoms with Crippen molar-refractivity contribution in [3.05, 3.63) is 27.8 Å². The van der Waals surface area contributed by atoms with Crippen LogP contribution < -0.4 is 9.62 Å². The number of anilines is 1. The second-order valence-electron chi connectivity index (χ2n) is 6.59. The second-order valence-corrected chi connectivity index (χ2v) is 9.75. The zero-order chi connectivity index (χ0) is 16.6. The van der Waals surface area contributed by atoms with E-state index in [-0.39, 0.29) is 18.5 Å². The molecule has 1 N–H and O–H groups in total. The number of amides is 1. The van der Waals surface area contributed by atoms with Crippen molar-refractivity contribution in [3.8, 4) is 0 Å². The molecule has 5 nitrogen and oxygen atoms in total. The van der Waals surface area contributed by atoms with Crippen LogP contribution in [-0.2, 0) is 14.8 Å². The normalized spacial score (nSPS) is 26.3. The van der Waals surface area contributed by atoms with Gasteiger partial charge in [0.1, 0.15) is 6.54 Å². The number of hydrogen-bond acceptors (Lipinski definition) is 3. The molecule has 0 spiro atoms. The molecular weight excluding hydrogens is 427 g/mol. The van der Waals surface area contributed by atoms with Gasteiger partial charge in [0.05, 0.1) is 11.9 Å². The number of rotatable bonds is 5. The van der Waals surface area contributed by atoms with Crippen molar-refractivity contribution in [2.45, 2.75) is 31.7 Å². The summed E-state index contributed by atoms with van der Waals surface area (Å²) < 4.78 is 26.3. The predicted molar refractivity (Wildman–Crippen MR) is 98.7 cm³/mol. The minimum atomic E-state index is -3.50. The van der Waals surface area contributed by atoms with E-state index in [0.717, 1.165) is 22.2 Å². The highest BCUT2D eigenvalue weighted by atomic mass is 127. The van der Waals surface area contributed by atoms with Gasteiger partial charge in [-0.3, -0.25) is 9.10 Å². The summed E-state index contributed by atoms with van der Waals surface area (Å²) in [6.07, 6.45) is 5.84. The molecule has 23 heavy (non-hydrogen) atoms. The monoisotopic (exact) mass is 448 g/mol. The Morgan fingerprint density at radius 2 is 1.96 bits per heavy atom. The Kier molecular flexibility index (Phi) is 4.87. The number of fused-ring (bicyclic) bond motifs is 2. The first kappa shape index (κ1) is 17.0. The van der Waals surface area contributed by atoms with E-state index < -0.39 is 10.0 Å². The molecule has 2 saturated carbocycles. The lowest BCUT2D eigenvalue weighted by Gasteiger charge is -2.26. The third kappa shape index (κ3) is 3.99. The Balaban J connectivity index is 1.69. The zero-order valence-electron chi connectivity index (χ0n) is 13.0. The first-order valence-corrected chi connectivity index (χ1v) is 10.8. The van der Waals surface area contributed by atoms with E-state index in [1.807, 2.05) is 12.1 Å². The second kappa shape index (κ2) is 6.58. The van der Waals surface area contributed by atoms with E-state index in [4.69, 9.17) is 0 Å². The van der Waals surface area contributed by atoms with Crippen LogP contribution in [-0.4, -0.2) is 33.2 Å². The molecule has 2 aliphatic carbocycles. The van der Waals surface area contributed by atoms with Gasteiger partial charge in [-0.25, -0.2) is 8.42 Å². The minimum absolute atomic E-state index is 0.159. The third-order valence-corrected chi connectivity index (χ3v) is 6.75. The van der Waals surface area contributed by atoms with Gasteiger partial charge in [0, 0.05) is 9.61 Å². The maximum atomic E-state index is 12.4. The molecule has 2 bridgehead atoms. The maximum absolute atomic E-state index is 12.4. The number of hydrogen-bond donors (Lipinski definition) is 1. The number of nitrogens with one attached hydrogen (secondary N) is 1. The minimum Gasteiger partial charge on any atom is -0.352 e. The molecule has 0 radical (unpaired) electrons. The topological polar surface area (TPSA) is 66.5 Å². The van der Waals surface area contributed by atoms with Crippen LogP contribution in [0.25, 0.3) is 0 Å². The summed E-state index contributed by atoms with van der Waals surface area (Å²) in [5, 5.41) is 3.05. The summed E-state index contributed by atoms with van der Waals surface area (Å²) >= 11 is 2.16. The van der Waals surface area contributed by atoms with Gasteiger partial charge in [-0.2, -0.15) is 0 Å². The van der Waals surface area contributed by atoms with Crippen LogP contribution in [0.3, 0.4) is 0 Å². The molecule has 1 aromatic carbocycles. The molecule has 0 saturated heterocycles. The van der Waals surface area contributed by atoms with E-state index in [1.54, 1.807) is 12.1 Å². The molecule has 2 aliphatic rings. The Morgan fingerprint density at radius 3 is 2.48 bits per heavy atom. The molecule has 2 fully saturated rings. The highest BCUT2D eigenvalue weighted by Gasteiger charge is 2.40. The maximum Gasteiger partial charge on any atom is 0.241 e. The fraction of sp³-hybridized carbons (Fsp3) is 0.562. The molecule has 0 heterocycles. The molecule has 1 amide bonds. The molecule has 7 heteroatoms. The van der Waals surface area contributed by atoms with Crippen molar-refractivity contribution in [2.75, 3.05) is 17.1 Å². The summed E-state index contributed by atoms with van der Waals surface area (Å²) in [4.78, 5) is 12.4. The van der Waals surface area contributed by atoms with Crippen molar-refractivity contribution in [1.29, 1.82) is 0 Å². The molecule has 3 rings (SSSR count). The smallest absolute Gasteiger partial charge is 0.241 e. The van der Waals surface area contributed by atoms with E-state index in [9.17, 15) is 13.2 Å². The number of nitrogens with zero attached hydrogens (tertiary/aromatic N) is 1. The third-order valence-electron chi connectivity index (χ3n) is 4.89. The van der Waals surface area contributed by atoms with E-state index in [1.165, 1.54) is 23.6 Å². The van der Waals surface area contributed by atoms with Crippen molar-refractivity contribution in [1.82, 2.24) is 5.32 Å². The molecule has 126 valence electrons. The molecule has 0 unspecified atom stereocenters. The quantitative estimate of drug-likeness (QED) is 0.704. The molecular formula is C16H21IN2O3S. The van der Waals surface area contributed by atoms with Gasteiger partial charge < -0.3 is 5.32 Å². The first-order valence-electron chi connectivity index (χ1n) is 7.85. The first-order chi connectivity index (χ1) is 10.8. The Morgan fingerprint density at radius 1 is 1.26 bits per heavy atom. The largest absolute Gasteiger partial charge is 0.352 e. The molecule has 1 aromatic rings. The lowest BCUT2D eigenvalue weighted by molar-refractivity contribution is -0.120. The van der Waals surface area contributed by atoms with Crippen molar-refractivity contribution < 1.29 is 13.2 Å². The fourth-order valence-electron chi connectivity index (χ4n) is 3.81. The van der Waals surface area contributed by atoms with Gasteiger partial charge in [0.25, 0.3) is 0 Å². The SMILES string of the molecule is CS(=O)(=O)N(CC(=O)N[C@H]1C[C@@H]2CC[C@@H]1C2)c1ccc(I)cc1. The summed E-state index contributed by atoms with van der Waals surface area (Å²) in [7, 11) is -3.50. The van der Waals surface area contributed by atoms with Crippen LogP contribution in [0.5, 0.6) is 0 Å². The number of benzene rings is 1. The van der Waals surface area contributed by atoms with Gasteiger partial charge in [0.2, 0.25) is 15.9 Å². The van der Waals surface area contributed by atoms with Gasteiger partial charge in [0.15, 0.2) is 0 Å². The Labute approximate surface area is 151 Å². The molecule has 0 aromatic heterocycles. The van der Waals surface area contributed by atoms with Gasteiger partial charge in [-0.1, -0.05) is 6.42 Å². The van der Waals surface area contributed by atoms with Crippen molar-refractivity contribution in [2.24, 2.45) is 11.8 Å². The average molecular weight is 448 g/mol.